The molecule has 1 aromatic heterocycles. The van der Waals surface area contributed by atoms with Gasteiger partial charge in [0.05, 0.1) is 13.7 Å². The largest absolute Gasteiger partial charge is 0.496 e. The molecule has 6 heteroatoms. The fraction of sp³-hybridized carbons (Fsp3) is 0.233. The van der Waals surface area contributed by atoms with E-state index in [2.05, 4.69) is 44.1 Å². The second-order valence-corrected chi connectivity index (χ2v) is 8.27. The molecule has 0 aliphatic carbocycles. The number of hydrogen-bond acceptors (Lipinski definition) is 5. The van der Waals surface area contributed by atoms with Gasteiger partial charge in [0.2, 0.25) is 0 Å². The van der Waals surface area contributed by atoms with E-state index in [9.17, 15) is 4.79 Å². The van der Waals surface area contributed by atoms with Crippen LogP contribution >= 0.6 is 0 Å². The fourth-order valence-electron chi connectivity index (χ4n) is 4.27. The number of rotatable bonds is 10. The van der Waals surface area contributed by atoms with E-state index in [1.54, 1.807) is 20.1 Å². The van der Waals surface area contributed by atoms with Gasteiger partial charge in [-0.15, -0.1) is 0 Å². The van der Waals surface area contributed by atoms with Gasteiger partial charge < -0.3 is 23.5 Å². The Labute approximate surface area is 211 Å². The molecule has 0 bridgehead atoms. The quantitative estimate of drug-likeness (QED) is 0.181. The number of benzene rings is 3. The van der Waals surface area contributed by atoms with Crippen molar-refractivity contribution in [3.05, 3.63) is 84.7 Å². The van der Waals surface area contributed by atoms with Gasteiger partial charge in [0, 0.05) is 47.9 Å². The van der Waals surface area contributed by atoms with Gasteiger partial charge in [-0.25, -0.2) is 4.79 Å². The molecule has 0 N–H and O–H groups in total. The lowest BCUT2D eigenvalue weighted by Crippen LogP contribution is -2.10. The van der Waals surface area contributed by atoms with Crippen molar-refractivity contribution in [2.45, 2.75) is 20.3 Å². The number of ether oxygens (including phenoxy) is 4. The molecule has 3 aromatic carbocycles. The first-order valence-corrected chi connectivity index (χ1v) is 11.9. The zero-order chi connectivity index (χ0) is 25.7. The Balaban J connectivity index is 1.90. The molecule has 4 aromatic rings. The number of allylic oxidation sites excluding steroid dienone is 1. The van der Waals surface area contributed by atoms with E-state index in [1.807, 2.05) is 34.9 Å². The molecular weight excluding hydrogens is 454 g/mol. The van der Waals surface area contributed by atoms with E-state index < -0.39 is 5.97 Å². The summed E-state index contributed by atoms with van der Waals surface area (Å²) >= 11 is 0. The van der Waals surface area contributed by atoms with Crippen LogP contribution in [-0.4, -0.2) is 38.2 Å². The Morgan fingerprint density at radius 1 is 0.944 bits per heavy atom. The summed E-state index contributed by atoms with van der Waals surface area (Å²) in [5.41, 5.74) is 5.24. The molecule has 0 saturated carbocycles. The minimum Gasteiger partial charge on any atom is -0.496 e. The van der Waals surface area contributed by atoms with E-state index in [-0.39, 0.29) is 13.4 Å². The van der Waals surface area contributed by atoms with Crippen LogP contribution in [-0.2, 0) is 9.47 Å². The normalized spacial score (nSPS) is 10.9. The molecular formula is C30H31NO5. The van der Waals surface area contributed by atoms with E-state index in [1.165, 1.54) is 7.11 Å². The predicted octanol–water partition coefficient (Wildman–Crippen LogP) is 6.89. The monoisotopic (exact) mass is 485 g/mol. The summed E-state index contributed by atoms with van der Waals surface area (Å²) in [4.78, 5) is 12.5. The molecule has 186 valence electrons. The van der Waals surface area contributed by atoms with Crippen LogP contribution in [0, 0.1) is 0 Å². The molecule has 0 saturated heterocycles. The molecule has 0 atom stereocenters. The lowest BCUT2D eigenvalue weighted by atomic mass is 9.93. The van der Waals surface area contributed by atoms with Crippen molar-refractivity contribution >= 4 is 22.3 Å². The van der Waals surface area contributed by atoms with Gasteiger partial charge in [-0.3, -0.25) is 0 Å². The molecule has 0 aliphatic heterocycles. The Bertz CT molecular complexity index is 1400. The van der Waals surface area contributed by atoms with Crippen molar-refractivity contribution in [2.24, 2.45) is 0 Å². The molecule has 0 amide bonds. The molecule has 6 nitrogen and oxygen atoms in total. The summed E-state index contributed by atoms with van der Waals surface area (Å²) in [5, 5.41) is 2.23. The number of aromatic nitrogens is 1. The number of fused-ring (bicyclic) bond motifs is 1. The van der Waals surface area contributed by atoms with Gasteiger partial charge in [0.15, 0.2) is 6.79 Å². The average Bonchev–Trinajstić information content (AvgIpc) is 3.35. The molecule has 0 radical (unpaired) electrons. The van der Waals surface area contributed by atoms with Gasteiger partial charge in [-0.2, -0.15) is 0 Å². The van der Waals surface area contributed by atoms with Crippen LogP contribution in [0.2, 0.25) is 0 Å². The molecule has 0 fully saturated rings. The highest BCUT2D eigenvalue weighted by atomic mass is 16.7. The molecule has 4 rings (SSSR count). The molecule has 0 spiro atoms. The van der Waals surface area contributed by atoms with E-state index >= 15 is 0 Å². The average molecular weight is 486 g/mol. The summed E-state index contributed by atoms with van der Waals surface area (Å²) in [6.07, 6.45) is 4.93. The van der Waals surface area contributed by atoms with Crippen LogP contribution in [0.4, 0.5) is 0 Å². The van der Waals surface area contributed by atoms with Gasteiger partial charge in [-0.1, -0.05) is 43.8 Å². The molecule has 0 aliphatic rings. The minimum atomic E-state index is -0.441. The van der Waals surface area contributed by atoms with Crippen LogP contribution in [0.3, 0.4) is 0 Å². The maximum Gasteiger partial charge on any atom is 0.341 e. The number of esters is 1. The van der Waals surface area contributed by atoms with Crippen molar-refractivity contribution in [3.8, 4) is 28.3 Å². The lowest BCUT2D eigenvalue weighted by Gasteiger charge is -2.14. The van der Waals surface area contributed by atoms with Crippen LogP contribution in [0.25, 0.3) is 33.2 Å². The Morgan fingerprint density at radius 3 is 2.47 bits per heavy atom. The second-order valence-electron chi connectivity index (χ2n) is 8.27. The molecule has 36 heavy (non-hydrogen) atoms. The first-order valence-electron chi connectivity index (χ1n) is 11.9. The second kappa shape index (κ2) is 11.1. The number of nitrogens with zero attached hydrogens (tertiary/aromatic N) is 1. The zero-order valence-electron chi connectivity index (χ0n) is 21.2. The van der Waals surface area contributed by atoms with Crippen molar-refractivity contribution in [2.75, 3.05) is 27.6 Å². The maximum absolute atomic E-state index is 12.5. The predicted molar refractivity (Wildman–Crippen MR) is 143 cm³/mol. The van der Waals surface area contributed by atoms with Crippen LogP contribution in [0.5, 0.6) is 11.5 Å². The molecule has 1 heterocycles. The topological polar surface area (TPSA) is 58.9 Å². The van der Waals surface area contributed by atoms with Crippen LogP contribution < -0.4 is 9.47 Å². The van der Waals surface area contributed by atoms with Crippen LogP contribution in [0.1, 0.15) is 36.2 Å². The highest BCUT2D eigenvalue weighted by Gasteiger charge is 2.20. The summed E-state index contributed by atoms with van der Waals surface area (Å²) in [7, 11) is 3.22. The third-order valence-electron chi connectivity index (χ3n) is 6.11. The van der Waals surface area contributed by atoms with Crippen molar-refractivity contribution < 1.29 is 23.7 Å². The lowest BCUT2D eigenvalue weighted by molar-refractivity contribution is 0.0438. The van der Waals surface area contributed by atoms with E-state index in [4.69, 9.17) is 18.9 Å². The highest BCUT2D eigenvalue weighted by molar-refractivity contribution is 6.02. The van der Waals surface area contributed by atoms with Crippen molar-refractivity contribution in [1.29, 1.82) is 0 Å². The van der Waals surface area contributed by atoms with Gasteiger partial charge in [0.1, 0.15) is 17.1 Å². The Kier molecular flexibility index (Phi) is 7.76. The van der Waals surface area contributed by atoms with Crippen molar-refractivity contribution in [3.63, 3.8) is 0 Å². The number of methoxy groups -OCH3 is 2. The summed E-state index contributed by atoms with van der Waals surface area (Å²) in [6.45, 7) is 8.48. The van der Waals surface area contributed by atoms with Crippen LogP contribution in [0.15, 0.2) is 73.6 Å². The molecule has 0 unspecified atom stereocenters. The number of carbonyl (C=O) groups excluding carboxylic acids is 1. The fourth-order valence-corrected chi connectivity index (χ4v) is 4.27. The summed E-state index contributed by atoms with van der Waals surface area (Å²) in [5.74, 6) is 0.740. The zero-order valence-corrected chi connectivity index (χ0v) is 21.2. The van der Waals surface area contributed by atoms with Gasteiger partial charge >= 0.3 is 5.97 Å². The maximum atomic E-state index is 12.5. The minimum absolute atomic E-state index is 0.0118. The number of carbonyl (C=O) groups is 1. The smallest absolute Gasteiger partial charge is 0.341 e. The summed E-state index contributed by atoms with van der Waals surface area (Å²) < 4.78 is 23.8. The third kappa shape index (κ3) is 4.86. The first kappa shape index (κ1) is 25.1. The van der Waals surface area contributed by atoms with Crippen molar-refractivity contribution in [1.82, 2.24) is 4.57 Å². The van der Waals surface area contributed by atoms with Gasteiger partial charge in [0.25, 0.3) is 0 Å². The SMILES string of the molecule is C=C(CC)c1cn(-c2ccc(C(=O)OCC)c(OCOC)c2)cc1-c1c(OC)ccc2ccccc12. The number of hydrogen-bond donors (Lipinski definition) is 0. The highest BCUT2D eigenvalue weighted by Crippen LogP contribution is 2.42. The Hall–Kier alpha value is -4.03. The van der Waals surface area contributed by atoms with E-state index in [0.29, 0.717) is 11.3 Å². The van der Waals surface area contributed by atoms with E-state index in [0.717, 1.165) is 50.9 Å². The Morgan fingerprint density at radius 2 is 1.75 bits per heavy atom. The first-order chi connectivity index (χ1) is 17.5. The third-order valence-corrected chi connectivity index (χ3v) is 6.11. The summed E-state index contributed by atoms with van der Waals surface area (Å²) in [6, 6.07) is 17.7. The van der Waals surface area contributed by atoms with Gasteiger partial charge in [-0.05, 0) is 47.9 Å². The standard InChI is InChI=1S/C30H31NO5/c1-6-20(3)25-17-31(22-13-14-24(30(32)35-7-2)28(16-22)36-19-33-4)18-26(25)29-23-11-9-8-10-21(23)12-15-27(29)34-5/h8-18H,3,6-7,19H2,1-2,4-5H3.